The summed E-state index contributed by atoms with van der Waals surface area (Å²) in [4.78, 5) is 11.5. The van der Waals surface area contributed by atoms with Crippen LogP contribution in [-0.4, -0.2) is 169 Å². The van der Waals surface area contributed by atoms with Crippen LogP contribution >= 0.6 is 11.6 Å². The Labute approximate surface area is 294 Å². The van der Waals surface area contributed by atoms with Crippen LogP contribution in [0.25, 0.3) is 0 Å². The lowest BCUT2D eigenvalue weighted by atomic mass is 10.2. The zero-order valence-electron chi connectivity index (χ0n) is 30.0. The third-order valence-electron chi connectivity index (χ3n) is 5.81. The molecule has 0 spiro atoms. The van der Waals surface area contributed by atoms with Crippen LogP contribution in [0.2, 0.25) is 0 Å². The van der Waals surface area contributed by atoms with Gasteiger partial charge >= 0.3 is 6.09 Å². The van der Waals surface area contributed by atoms with Gasteiger partial charge in [-0.3, -0.25) is 0 Å². The minimum absolute atomic E-state index is 0.383. The first-order valence-corrected chi connectivity index (χ1v) is 17.9. The van der Waals surface area contributed by atoms with E-state index >= 15 is 0 Å². The molecule has 0 radical (unpaired) electrons. The second kappa shape index (κ2) is 38.9. The summed E-state index contributed by atoms with van der Waals surface area (Å²) in [5, 5.41) is 2.63. The highest BCUT2D eigenvalue weighted by Crippen LogP contribution is 2.06. The molecule has 0 aliphatic rings. The molecular formula is C33H66ClNO13. The van der Waals surface area contributed by atoms with Gasteiger partial charge in [0.2, 0.25) is 0 Å². The van der Waals surface area contributed by atoms with Crippen molar-refractivity contribution in [1.82, 2.24) is 5.32 Å². The zero-order valence-corrected chi connectivity index (χ0v) is 30.7. The number of carbonyl (C=O) groups excluding carboxylic acids is 1. The summed E-state index contributed by atoms with van der Waals surface area (Å²) in [6, 6.07) is 0. The SMILES string of the molecule is CC(C)(C)OC(=O)NCCOCCOCCOCCOCCOCCOCCOCCOCCOCCOCCOCCCCCCCl. The maximum absolute atomic E-state index is 11.5. The molecule has 0 bridgehead atoms. The molecule has 0 saturated carbocycles. The van der Waals surface area contributed by atoms with Gasteiger partial charge in [-0.2, -0.15) is 0 Å². The van der Waals surface area contributed by atoms with Crippen molar-refractivity contribution in [3.05, 3.63) is 0 Å². The summed E-state index contributed by atoms with van der Waals surface area (Å²) in [5.74, 6) is 0.740. The molecule has 48 heavy (non-hydrogen) atoms. The molecule has 0 heterocycles. The fraction of sp³-hybridized carbons (Fsp3) is 0.970. The third kappa shape index (κ3) is 43.1. The first-order valence-electron chi connectivity index (χ1n) is 17.3. The summed E-state index contributed by atoms with van der Waals surface area (Å²) in [6.45, 7) is 17.2. The zero-order chi connectivity index (χ0) is 35.1. The molecule has 0 aliphatic heterocycles. The second-order valence-corrected chi connectivity index (χ2v) is 11.6. The summed E-state index contributed by atoms with van der Waals surface area (Å²) >= 11 is 5.65. The van der Waals surface area contributed by atoms with Crippen LogP contribution < -0.4 is 5.32 Å². The summed E-state index contributed by atoms with van der Waals surface area (Å²) in [6.07, 6.45) is 4.03. The van der Waals surface area contributed by atoms with Crippen LogP contribution in [0, 0.1) is 0 Å². The largest absolute Gasteiger partial charge is 0.444 e. The molecule has 0 aromatic carbocycles. The highest BCUT2D eigenvalue weighted by Gasteiger charge is 2.15. The smallest absolute Gasteiger partial charge is 0.407 e. The van der Waals surface area contributed by atoms with Gasteiger partial charge in [0.15, 0.2) is 0 Å². The minimum Gasteiger partial charge on any atom is -0.444 e. The van der Waals surface area contributed by atoms with Crippen molar-refractivity contribution in [1.29, 1.82) is 0 Å². The number of alkyl halides is 1. The number of amides is 1. The molecular weight excluding hydrogens is 654 g/mol. The molecule has 0 rings (SSSR count). The standard InChI is InChI=1S/C33H66ClNO13/c1-33(2,3)48-32(36)35-9-11-38-13-15-40-17-19-42-21-23-44-25-27-46-29-31-47-30-28-45-26-24-43-22-20-41-18-16-39-14-12-37-10-7-5-4-6-8-34/h4-31H2,1-3H3,(H,35,36). The summed E-state index contributed by atoms with van der Waals surface area (Å²) in [7, 11) is 0. The fourth-order valence-electron chi connectivity index (χ4n) is 3.49. The van der Waals surface area contributed by atoms with Crippen LogP contribution in [0.5, 0.6) is 0 Å². The van der Waals surface area contributed by atoms with Gasteiger partial charge in [-0.25, -0.2) is 4.79 Å². The van der Waals surface area contributed by atoms with Crippen LogP contribution in [0.3, 0.4) is 0 Å². The number of ether oxygens (including phenoxy) is 12. The number of carbonyl (C=O) groups is 1. The Morgan fingerprint density at radius 1 is 0.417 bits per heavy atom. The highest BCUT2D eigenvalue weighted by atomic mass is 35.5. The molecule has 0 aliphatic carbocycles. The third-order valence-corrected chi connectivity index (χ3v) is 6.07. The van der Waals surface area contributed by atoms with Crippen molar-refractivity contribution >= 4 is 17.7 Å². The monoisotopic (exact) mass is 719 g/mol. The molecule has 0 unspecified atom stereocenters. The number of unbranched alkanes of at least 4 members (excludes halogenated alkanes) is 3. The average Bonchev–Trinajstić information content (AvgIpc) is 3.05. The Kier molecular flexibility index (Phi) is 38.2. The number of hydrogen-bond donors (Lipinski definition) is 1. The maximum atomic E-state index is 11.5. The van der Waals surface area contributed by atoms with E-state index in [-0.39, 0.29) is 0 Å². The Hall–Kier alpha value is -0.880. The predicted molar refractivity (Wildman–Crippen MR) is 182 cm³/mol. The van der Waals surface area contributed by atoms with Crippen molar-refractivity contribution in [2.24, 2.45) is 0 Å². The van der Waals surface area contributed by atoms with Crippen molar-refractivity contribution in [2.75, 3.05) is 158 Å². The van der Waals surface area contributed by atoms with E-state index in [1.165, 1.54) is 6.42 Å². The van der Waals surface area contributed by atoms with Crippen LogP contribution in [0.1, 0.15) is 46.5 Å². The Morgan fingerprint density at radius 3 is 0.979 bits per heavy atom. The van der Waals surface area contributed by atoms with Crippen LogP contribution in [0.4, 0.5) is 4.79 Å². The van der Waals surface area contributed by atoms with E-state index in [1.807, 2.05) is 20.8 Å². The summed E-state index contributed by atoms with van der Waals surface area (Å²) < 4.78 is 65.3. The fourth-order valence-corrected chi connectivity index (χ4v) is 3.68. The number of halogens is 1. The van der Waals surface area contributed by atoms with Crippen molar-refractivity contribution in [3.63, 3.8) is 0 Å². The van der Waals surface area contributed by atoms with E-state index in [4.69, 9.17) is 68.4 Å². The maximum Gasteiger partial charge on any atom is 0.407 e. The molecule has 1 amide bonds. The van der Waals surface area contributed by atoms with E-state index in [1.54, 1.807) is 0 Å². The highest BCUT2D eigenvalue weighted by molar-refractivity contribution is 6.17. The Bertz CT molecular complexity index is 647. The molecule has 15 heteroatoms. The van der Waals surface area contributed by atoms with Crippen molar-refractivity contribution < 1.29 is 61.6 Å². The van der Waals surface area contributed by atoms with Gasteiger partial charge in [-0.05, 0) is 33.6 Å². The quantitative estimate of drug-likeness (QED) is 0.0733. The van der Waals surface area contributed by atoms with Gasteiger partial charge in [0, 0.05) is 19.0 Å². The predicted octanol–water partition coefficient (Wildman–Crippen LogP) is 3.49. The van der Waals surface area contributed by atoms with Gasteiger partial charge < -0.3 is 62.2 Å². The van der Waals surface area contributed by atoms with Crippen molar-refractivity contribution in [2.45, 2.75) is 52.1 Å². The lowest BCUT2D eigenvalue weighted by Crippen LogP contribution is -2.34. The van der Waals surface area contributed by atoms with Gasteiger partial charge in [0.05, 0.1) is 139 Å². The van der Waals surface area contributed by atoms with E-state index in [0.29, 0.717) is 145 Å². The lowest BCUT2D eigenvalue weighted by molar-refractivity contribution is -0.0275. The van der Waals surface area contributed by atoms with Crippen LogP contribution in [-0.2, 0) is 56.8 Å². The van der Waals surface area contributed by atoms with Crippen LogP contribution in [0.15, 0.2) is 0 Å². The minimum atomic E-state index is -0.511. The van der Waals surface area contributed by atoms with E-state index in [9.17, 15) is 4.79 Å². The van der Waals surface area contributed by atoms with Gasteiger partial charge in [0.1, 0.15) is 5.60 Å². The first-order chi connectivity index (χ1) is 23.5. The molecule has 0 saturated heterocycles. The lowest BCUT2D eigenvalue weighted by Gasteiger charge is -2.19. The topological polar surface area (TPSA) is 140 Å². The average molecular weight is 720 g/mol. The number of alkyl carbamates (subject to hydrolysis) is 1. The second-order valence-electron chi connectivity index (χ2n) is 11.3. The molecule has 288 valence electrons. The molecule has 0 aromatic rings. The summed E-state index contributed by atoms with van der Waals surface area (Å²) in [5.41, 5.74) is -0.511. The van der Waals surface area contributed by atoms with Crippen molar-refractivity contribution in [3.8, 4) is 0 Å². The van der Waals surface area contributed by atoms with Gasteiger partial charge in [-0.15, -0.1) is 11.6 Å². The molecule has 0 atom stereocenters. The molecule has 1 N–H and O–H groups in total. The molecule has 14 nitrogen and oxygen atoms in total. The van der Waals surface area contributed by atoms with E-state index in [0.717, 1.165) is 31.7 Å². The normalized spacial score (nSPS) is 11.8. The molecule has 0 aromatic heterocycles. The first kappa shape index (κ1) is 47.1. The Morgan fingerprint density at radius 2 is 0.688 bits per heavy atom. The van der Waals surface area contributed by atoms with Gasteiger partial charge in [0.25, 0.3) is 0 Å². The molecule has 0 fully saturated rings. The van der Waals surface area contributed by atoms with E-state index < -0.39 is 11.7 Å². The van der Waals surface area contributed by atoms with E-state index in [2.05, 4.69) is 5.32 Å². The number of nitrogens with one attached hydrogen (secondary N) is 1. The number of hydrogen-bond acceptors (Lipinski definition) is 13. The Balaban J connectivity index is 3.09. The van der Waals surface area contributed by atoms with Gasteiger partial charge in [-0.1, -0.05) is 12.8 Å². The number of rotatable bonds is 39.